The predicted octanol–water partition coefficient (Wildman–Crippen LogP) is -0.739. The molecule has 0 aromatic carbocycles. The Bertz CT molecular complexity index is 862. The van der Waals surface area contributed by atoms with Gasteiger partial charge in [0.05, 0.1) is 5.92 Å². The van der Waals surface area contributed by atoms with Gasteiger partial charge in [0.2, 0.25) is 5.95 Å². The van der Waals surface area contributed by atoms with Crippen LogP contribution in [0.5, 0.6) is 0 Å². The number of aromatic amines is 1. The van der Waals surface area contributed by atoms with Crippen LogP contribution in [0.2, 0.25) is 0 Å². The molecule has 3 rings (SSSR count). The van der Waals surface area contributed by atoms with Crippen molar-refractivity contribution < 1.29 is 9.90 Å². The summed E-state index contributed by atoms with van der Waals surface area (Å²) in [6, 6.07) is 0. The minimum absolute atomic E-state index is 0.247. The van der Waals surface area contributed by atoms with Crippen molar-refractivity contribution in [2.75, 3.05) is 18.0 Å². The zero-order chi connectivity index (χ0) is 16.0. The number of hydrogen-bond donors (Lipinski definition) is 2. The van der Waals surface area contributed by atoms with Gasteiger partial charge in [0, 0.05) is 27.2 Å². The van der Waals surface area contributed by atoms with Gasteiger partial charge in [-0.15, -0.1) is 0 Å². The maximum Gasteiger partial charge on any atom is 0.332 e. The van der Waals surface area contributed by atoms with E-state index in [2.05, 4.69) is 9.97 Å². The fourth-order valence-electron chi connectivity index (χ4n) is 2.83. The molecule has 1 fully saturated rings. The molecule has 1 aliphatic heterocycles. The molecule has 9 heteroatoms. The first kappa shape index (κ1) is 14.4. The maximum atomic E-state index is 12.1. The zero-order valence-electron chi connectivity index (χ0n) is 12.4. The van der Waals surface area contributed by atoms with Gasteiger partial charge in [-0.2, -0.15) is 4.98 Å². The summed E-state index contributed by atoms with van der Waals surface area (Å²) in [5.41, 5.74) is -0.362. The fraction of sp³-hybridized carbons (Fsp3) is 0.538. The highest BCUT2D eigenvalue weighted by atomic mass is 16.4. The number of aromatic nitrogens is 4. The Morgan fingerprint density at radius 3 is 2.73 bits per heavy atom. The van der Waals surface area contributed by atoms with Crippen molar-refractivity contribution in [1.29, 1.82) is 0 Å². The lowest BCUT2D eigenvalue weighted by Crippen LogP contribution is -2.39. The lowest BCUT2D eigenvalue weighted by atomic mass is 9.99. The molecule has 1 atom stereocenters. The SMILES string of the molecule is Cn1c(=O)c2[nH]c(N3CCC[C@@H](C(=O)O)C3)nc2n(C)c1=O. The second-order valence-electron chi connectivity index (χ2n) is 5.59. The van der Waals surface area contributed by atoms with E-state index < -0.39 is 23.1 Å². The summed E-state index contributed by atoms with van der Waals surface area (Å²) in [5, 5.41) is 9.15. The van der Waals surface area contributed by atoms with Crippen molar-refractivity contribution in [3.8, 4) is 0 Å². The van der Waals surface area contributed by atoms with Crippen molar-refractivity contribution in [2.45, 2.75) is 12.8 Å². The Kier molecular flexibility index (Phi) is 3.27. The molecule has 2 N–H and O–H groups in total. The van der Waals surface area contributed by atoms with Crippen molar-refractivity contribution in [1.82, 2.24) is 19.1 Å². The molecule has 2 aromatic rings. The number of anilines is 1. The molecule has 0 radical (unpaired) electrons. The van der Waals surface area contributed by atoms with Gasteiger partial charge in [0.25, 0.3) is 5.56 Å². The molecule has 9 nitrogen and oxygen atoms in total. The van der Waals surface area contributed by atoms with Gasteiger partial charge in [-0.1, -0.05) is 0 Å². The number of nitrogens with one attached hydrogen (secondary N) is 1. The minimum atomic E-state index is -0.830. The van der Waals surface area contributed by atoms with E-state index in [0.717, 1.165) is 11.0 Å². The highest BCUT2D eigenvalue weighted by molar-refractivity contribution is 5.74. The van der Waals surface area contributed by atoms with Crippen LogP contribution < -0.4 is 16.1 Å². The predicted molar refractivity (Wildman–Crippen MR) is 79.1 cm³/mol. The summed E-state index contributed by atoms with van der Waals surface area (Å²) in [6.45, 7) is 1.00. The number of H-pyrrole nitrogens is 1. The Morgan fingerprint density at radius 1 is 1.32 bits per heavy atom. The van der Waals surface area contributed by atoms with Crippen molar-refractivity contribution in [3.63, 3.8) is 0 Å². The Morgan fingerprint density at radius 2 is 2.05 bits per heavy atom. The first-order valence-electron chi connectivity index (χ1n) is 7.03. The van der Waals surface area contributed by atoms with Crippen LogP contribution in [0.15, 0.2) is 9.59 Å². The molecule has 22 heavy (non-hydrogen) atoms. The summed E-state index contributed by atoms with van der Waals surface area (Å²) in [6.07, 6.45) is 1.37. The number of carbonyl (C=O) groups is 1. The summed E-state index contributed by atoms with van der Waals surface area (Å²) in [4.78, 5) is 44.3. The van der Waals surface area contributed by atoms with E-state index in [1.165, 1.54) is 11.6 Å². The van der Waals surface area contributed by atoms with E-state index in [1.807, 2.05) is 4.90 Å². The molecule has 3 heterocycles. The van der Waals surface area contributed by atoms with Crippen LogP contribution >= 0.6 is 0 Å². The van der Waals surface area contributed by atoms with E-state index in [4.69, 9.17) is 5.11 Å². The van der Waals surface area contributed by atoms with E-state index in [1.54, 1.807) is 7.05 Å². The molecule has 0 unspecified atom stereocenters. The number of piperidine rings is 1. The standard InChI is InChI=1S/C13H17N5O4/c1-16-9-8(10(19)17(2)13(16)22)14-12(15-9)18-5-3-4-7(6-18)11(20)21/h7H,3-6H2,1-2H3,(H,14,15)(H,20,21)/t7-/m1/s1. The van der Waals surface area contributed by atoms with Crippen LogP contribution in [-0.4, -0.2) is 43.3 Å². The number of aryl methyl sites for hydroxylation is 1. The summed E-state index contributed by atoms with van der Waals surface area (Å²) in [5.74, 6) is -0.850. The van der Waals surface area contributed by atoms with Gasteiger partial charge >= 0.3 is 11.7 Å². The molecule has 0 bridgehead atoms. The third-order valence-corrected chi connectivity index (χ3v) is 4.15. The van der Waals surface area contributed by atoms with Crippen LogP contribution in [0.3, 0.4) is 0 Å². The van der Waals surface area contributed by atoms with Crippen molar-refractivity contribution in [2.24, 2.45) is 20.0 Å². The molecule has 2 aromatic heterocycles. The molecular formula is C13H17N5O4. The highest BCUT2D eigenvalue weighted by Gasteiger charge is 2.27. The lowest BCUT2D eigenvalue weighted by molar-refractivity contribution is -0.141. The smallest absolute Gasteiger partial charge is 0.332 e. The number of carboxylic acids is 1. The number of hydrogen-bond acceptors (Lipinski definition) is 5. The topological polar surface area (TPSA) is 113 Å². The molecule has 118 valence electrons. The average Bonchev–Trinajstić information content (AvgIpc) is 2.96. The van der Waals surface area contributed by atoms with E-state index in [-0.39, 0.29) is 11.2 Å². The normalized spacial score (nSPS) is 18.8. The number of carboxylic acid groups (broad SMARTS) is 1. The van der Waals surface area contributed by atoms with E-state index in [0.29, 0.717) is 25.5 Å². The number of imidazole rings is 1. The van der Waals surface area contributed by atoms with Crippen LogP contribution in [0, 0.1) is 5.92 Å². The molecule has 0 saturated carbocycles. The minimum Gasteiger partial charge on any atom is -0.481 e. The summed E-state index contributed by atoms with van der Waals surface area (Å²) in [7, 11) is 2.96. The Balaban J connectivity index is 2.08. The third-order valence-electron chi connectivity index (χ3n) is 4.15. The fourth-order valence-corrected chi connectivity index (χ4v) is 2.83. The van der Waals surface area contributed by atoms with Gasteiger partial charge in [-0.3, -0.25) is 18.7 Å². The number of rotatable bonds is 2. The third kappa shape index (κ3) is 2.09. The van der Waals surface area contributed by atoms with Gasteiger partial charge in [-0.25, -0.2) is 4.79 Å². The molecule has 0 amide bonds. The quantitative estimate of drug-likeness (QED) is 0.755. The van der Waals surface area contributed by atoms with Crippen molar-refractivity contribution >= 4 is 23.1 Å². The highest BCUT2D eigenvalue weighted by Crippen LogP contribution is 2.22. The van der Waals surface area contributed by atoms with Gasteiger partial charge in [0.15, 0.2) is 11.2 Å². The largest absolute Gasteiger partial charge is 0.481 e. The molecule has 0 spiro atoms. The molecule has 1 saturated heterocycles. The van der Waals surface area contributed by atoms with Gasteiger partial charge < -0.3 is 15.0 Å². The van der Waals surface area contributed by atoms with Crippen LogP contribution in [0.4, 0.5) is 5.95 Å². The van der Waals surface area contributed by atoms with E-state index >= 15 is 0 Å². The number of fused-ring (bicyclic) bond motifs is 1. The average molecular weight is 307 g/mol. The molecule has 1 aliphatic rings. The van der Waals surface area contributed by atoms with Crippen LogP contribution in [0.25, 0.3) is 11.2 Å². The van der Waals surface area contributed by atoms with Crippen LogP contribution in [-0.2, 0) is 18.9 Å². The Hall–Kier alpha value is -2.58. The lowest BCUT2D eigenvalue weighted by Gasteiger charge is -2.30. The number of aliphatic carboxylic acids is 1. The van der Waals surface area contributed by atoms with Gasteiger partial charge in [0.1, 0.15) is 0 Å². The monoisotopic (exact) mass is 307 g/mol. The first-order chi connectivity index (χ1) is 10.4. The van der Waals surface area contributed by atoms with Gasteiger partial charge in [-0.05, 0) is 12.8 Å². The second-order valence-corrected chi connectivity index (χ2v) is 5.59. The maximum absolute atomic E-state index is 12.1. The van der Waals surface area contributed by atoms with E-state index in [9.17, 15) is 14.4 Å². The second kappa shape index (κ2) is 5.00. The zero-order valence-corrected chi connectivity index (χ0v) is 12.4. The van der Waals surface area contributed by atoms with Crippen molar-refractivity contribution in [3.05, 3.63) is 20.8 Å². The number of nitrogens with zero attached hydrogens (tertiary/aromatic N) is 4. The van der Waals surface area contributed by atoms with Crippen LogP contribution in [0.1, 0.15) is 12.8 Å². The summed E-state index contributed by atoms with van der Waals surface area (Å²) < 4.78 is 2.32. The molecule has 0 aliphatic carbocycles. The molecular weight excluding hydrogens is 290 g/mol. The summed E-state index contributed by atoms with van der Waals surface area (Å²) >= 11 is 0. The Labute approximate surface area is 124 Å². The first-order valence-corrected chi connectivity index (χ1v) is 7.03.